The molecule has 1 aliphatic carbocycles. The summed E-state index contributed by atoms with van der Waals surface area (Å²) in [7, 11) is 0. The number of nitrogens with zero attached hydrogens (tertiary/aromatic N) is 1. The number of pyridine rings is 1. The lowest BCUT2D eigenvalue weighted by Crippen LogP contribution is -2.31. The molecule has 1 fully saturated rings. The van der Waals surface area contributed by atoms with Gasteiger partial charge < -0.3 is 19.4 Å². The van der Waals surface area contributed by atoms with Gasteiger partial charge in [-0.1, -0.05) is 12.1 Å². The van der Waals surface area contributed by atoms with Crippen molar-refractivity contribution in [3.63, 3.8) is 0 Å². The van der Waals surface area contributed by atoms with E-state index in [9.17, 15) is 14.0 Å². The molecule has 0 saturated heterocycles. The van der Waals surface area contributed by atoms with E-state index in [1.807, 2.05) is 0 Å². The Morgan fingerprint density at radius 2 is 2.04 bits per heavy atom. The van der Waals surface area contributed by atoms with E-state index >= 15 is 0 Å². The minimum Gasteiger partial charge on any atom is -0.492 e. The highest BCUT2D eigenvalue weighted by Crippen LogP contribution is 2.31. The van der Waals surface area contributed by atoms with E-state index in [1.54, 1.807) is 16.7 Å². The zero-order valence-corrected chi connectivity index (χ0v) is 15.6. The van der Waals surface area contributed by atoms with Crippen molar-refractivity contribution in [2.45, 2.75) is 32.4 Å². The van der Waals surface area contributed by atoms with Gasteiger partial charge in [0, 0.05) is 31.3 Å². The molecule has 2 aromatic rings. The molecular weight excluding hydrogens is 363 g/mol. The summed E-state index contributed by atoms with van der Waals surface area (Å²) in [6.45, 7) is 2.07. The van der Waals surface area contributed by atoms with Gasteiger partial charge in [0.15, 0.2) is 0 Å². The van der Waals surface area contributed by atoms with E-state index in [0.29, 0.717) is 55.7 Å². The van der Waals surface area contributed by atoms with Crippen molar-refractivity contribution >= 4 is 5.91 Å². The molecule has 1 aromatic heterocycles. The van der Waals surface area contributed by atoms with Crippen molar-refractivity contribution in [1.82, 2.24) is 9.88 Å². The van der Waals surface area contributed by atoms with Gasteiger partial charge in [0.05, 0.1) is 19.8 Å². The van der Waals surface area contributed by atoms with E-state index in [4.69, 9.17) is 9.47 Å². The average Bonchev–Trinajstić information content (AvgIpc) is 3.52. The maximum atomic E-state index is 13.1. The van der Waals surface area contributed by atoms with Gasteiger partial charge >= 0.3 is 0 Å². The first kappa shape index (κ1) is 18.7. The highest BCUT2D eigenvalue weighted by molar-refractivity contribution is 5.98. The van der Waals surface area contributed by atoms with Crippen LogP contribution in [-0.2, 0) is 24.2 Å². The van der Waals surface area contributed by atoms with Crippen LogP contribution in [0.3, 0.4) is 0 Å². The van der Waals surface area contributed by atoms with Crippen LogP contribution < -0.4 is 15.6 Å². The van der Waals surface area contributed by atoms with Crippen LogP contribution in [0.1, 0.15) is 34.5 Å². The number of hydrogen-bond donors (Lipinski definition) is 1. The lowest BCUT2D eigenvalue weighted by molar-refractivity contribution is 0.0944. The molecule has 2 aliphatic rings. The molecule has 0 radical (unpaired) electrons. The SMILES string of the molecule is O=C(NCc1ccc(F)cc1)c1c(OCC2CC2)cc(=O)n2c1CCOCC2. The van der Waals surface area contributed by atoms with Crippen LogP contribution in [0.4, 0.5) is 4.39 Å². The van der Waals surface area contributed by atoms with Gasteiger partial charge in [-0.25, -0.2) is 4.39 Å². The number of rotatable bonds is 6. The molecule has 0 spiro atoms. The molecule has 0 atom stereocenters. The first-order valence-electron chi connectivity index (χ1n) is 9.61. The van der Waals surface area contributed by atoms with Crippen LogP contribution in [0, 0.1) is 11.7 Å². The van der Waals surface area contributed by atoms with Crippen LogP contribution in [0.15, 0.2) is 35.1 Å². The van der Waals surface area contributed by atoms with Crippen LogP contribution in [0.25, 0.3) is 0 Å². The maximum Gasteiger partial charge on any atom is 0.257 e. The third-order valence-corrected chi connectivity index (χ3v) is 5.09. The fraction of sp³-hybridized carbons (Fsp3) is 0.429. The summed E-state index contributed by atoms with van der Waals surface area (Å²) in [5, 5.41) is 2.87. The Kier molecular flexibility index (Phi) is 5.43. The minimum absolute atomic E-state index is 0.179. The van der Waals surface area contributed by atoms with Gasteiger partial charge in [0.1, 0.15) is 17.1 Å². The van der Waals surface area contributed by atoms with Crippen LogP contribution >= 0.6 is 0 Å². The van der Waals surface area contributed by atoms with Crippen molar-refractivity contribution in [1.29, 1.82) is 0 Å². The number of hydrogen-bond acceptors (Lipinski definition) is 4. The second-order valence-electron chi connectivity index (χ2n) is 7.25. The number of halogens is 1. The number of benzene rings is 1. The number of aromatic nitrogens is 1. The molecule has 0 unspecified atom stereocenters. The van der Waals surface area contributed by atoms with E-state index in [2.05, 4.69) is 5.32 Å². The highest BCUT2D eigenvalue weighted by atomic mass is 19.1. The van der Waals surface area contributed by atoms with Crippen LogP contribution in [-0.4, -0.2) is 30.3 Å². The lowest BCUT2D eigenvalue weighted by atomic mass is 10.1. The summed E-state index contributed by atoms with van der Waals surface area (Å²) in [6.07, 6.45) is 2.70. The quantitative estimate of drug-likeness (QED) is 0.827. The first-order chi connectivity index (χ1) is 13.6. The van der Waals surface area contributed by atoms with E-state index in [0.717, 1.165) is 18.4 Å². The first-order valence-corrected chi connectivity index (χ1v) is 9.61. The molecule has 148 valence electrons. The van der Waals surface area contributed by atoms with Crippen molar-refractivity contribution < 1.29 is 18.7 Å². The van der Waals surface area contributed by atoms with Gasteiger partial charge in [-0.15, -0.1) is 0 Å². The second-order valence-corrected chi connectivity index (χ2v) is 7.25. The number of nitrogens with one attached hydrogen (secondary N) is 1. The monoisotopic (exact) mass is 386 g/mol. The molecule has 1 aliphatic heterocycles. The number of carbonyl (C=O) groups excluding carboxylic acids is 1. The van der Waals surface area contributed by atoms with Crippen molar-refractivity contribution in [3.05, 3.63) is 63.3 Å². The summed E-state index contributed by atoms with van der Waals surface area (Å²) in [6, 6.07) is 7.38. The summed E-state index contributed by atoms with van der Waals surface area (Å²) in [4.78, 5) is 25.6. The van der Waals surface area contributed by atoms with E-state index in [1.165, 1.54) is 18.2 Å². The maximum absolute atomic E-state index is 13.1. The zero-order chi connectivity index (χ0) is 19.5. The Morgan fingerprint density at radius 3 is 2.79 bits per heavy atom. The lowest BCUT2D eigenvalue weighted by Gasteiger charge is -2.18. The fourth-order valence-corrected chi connectivity index (χ4v) is 3.33. The third kappa shape index (κ3) is 4.25. The van der Waals surface area contributed by atoms with Gasteiger partial charge in [0.25, 0.3) is 11.5 Å². The van der Waals surface area contributed by atoms with Crippen molar-refractivity contribution in [2.24, 2.45) is 5.92 Å². The third-order valence-electron chi connectivity index (χ3n) is 5.09. The topological polar surface area (TPSA) is 69.6 Å². The molecular formula is C21H23FN2O4. The van der Waals surface area contributed by atoms with Gasteiger partial charge in [-0.3, -0.25) is 9.59 Å². The van der Waals surface area contributed by atoms with E-state index in [-0.39, 0.29) is 23.8 Å². The largest absolute Gasteiger partial charge is 0.492 e. The molecule has 1 N–H and O–H groups in total. The van der Waals surface area contributed by atoms with Gasteiger partial charge in [0.2, 0.25) is 0 Å². The molecule has 1 amide bonds. The summed E-state index contributed by atoms with van der Waals surface area (Å²) >= 11 is 0. The molecule has 2 heterocycles. The second kappa shape index (κ2) is 8.14. The molecule has 0 bridgehead atoms. The Hall–Kier alpha value is -2.67. The Balaban J connectivity index is 1.62. The Bertz CT molecular complexity index is 919. The predicted molar refractivity (Wildman–Crippen MR) is 101 cm³/mol. The number of fused-ring (bicyclic) bond motifs is 1. The fourth-order valence-electron chi connectivity index (χ4n) is 3.33. The molecule has 7 heteroatoms. The predicted octanol–water partition coefficient (Wildman–Crippen LogP) is 2.28. The Labute approximate surface area is 162 Å². The van der Waals surface area contributed by atoms with Crippen LogP contribution in [0.5, 0.6) is 5.75 Å². The molecule has 28 heavy (non-hydrogen) atoms. The molecule has 1 aromatic carbocycles. The van der Waals surface area contributed by atoms with Gasteiger partial charge in [-0.2, -0.15) is 0 Å². The number of ether oxygens (including phenoxy) is 2. The summed E-state index contributed by atoms with van der Waals surface area (Å²) in [5.74, 6) is 0.209. The number of carbonyl (C=O) groups is 1. The van der Waals surface area contributed by atoms with Crippen molar-refractivity contribution in [3.8, 4) is 5.75 Å². The average molecular weight is 386 g/mol. The highest BCUT2D eigenvalue weighted by Gasteiger charge is 2.27. The number of amides is 1. The Morgan fingerprint density at radius 1 is 1.25 bits per heavy atom. The minimum atomic E-state index is -0.321. The molecule has 4 rings (SSSR count). The molecule has 1 saturated carbocycles. The normalized spacial score (nSPS) is 16.2. The zero-order valence-electron chi connectivity index (χ0n) is 15.6. The van der Waals surface area contributed by atoms with Crippen molar-refractivity contribution in [2.75, 3.05) is 19.8 Å². The van der Waals surface area contributed by atoms with Gasteiger partial charge in [-0.05, 0) is 36.5 Å². The van der Waals surface area contributed by atoms with Crippen LogP contribution in [0.2, 0.25) is 0 Å². The van der Waals surface area contributed by atoms with E-state index < -0.39 is 0 Å². The summed E-state index contributed by atoms with van der Waals surface area (Å²) in [5.41, 5.74) is 1.65. The summed E-state index contributed by atoms with van der Waals surface area (Å²) < 4.78 is 26.0. The molecule has 6 nitrogen and oxygen atoms in total. The standard InChI is InChI=1S/C21H23FN2O4/c22-16-5-3-14(4-6-16)12-23-21(26)20-17-7-9-27-10-8-24(17)19(25)11-18(20)28-13-15-1-2-15/h3-6,11,15H,1-2,7-10,12-13H2,(H,23,26). The smallest absolute Gasteiger partial charge is 0.257 e.